The van der Waals surface area contributed by atoms with Crippen LogP contribution in [0.15, 0.2) is 24.3 Å². The van der Waals surface area contributed by atoms with Crippen molar-refractivity contribution in [2.75, 3.05) is 44.9 Å². The molecule has 0 radical (unpaired) electrons. The molecule has 1 aromatic rings. The Morgan fingerprint density at radius 3 is 2.45 bits per heavy atom. The van der Waals surface area contributed by atoms with Crippen LogP contribution in [0.4, 0.5) is 4.79 Å². The first-order chi connectivity index (χ1) is 13.8. The molecule has 1 fully saturated rings. The van der Waals surface area contributed by atoms with Crippen LogP contribution in [0.5, 0.6) is 0 Å². The number of methoxy groups -OCH3 is 1. The average molecular weight is 423 g/mol. The van der Waals surface area contributed by atoms with Crippen molar-refractivity contribution in [3.05, 3.63) is 35.4 Å². The van der Waals surface area contributed by atoms with Crippen LogP contribution >= 0.6 is 0 Å². The number of hydrogen-bond acceptors (Lipinski definition) is 6. The van der Waals surface area contributed by atoms with Crippen molar-refractivity contribution in [2.24, 2.45) is 0 Å². The minimum absolute atomic E-state index is 0.0425. The van der Waals surface area contributed by atoms with Gasteiger partial charge in [0.2, 0.25) is 0 Å². The van der Waals surface area contributed by atoms with Gasteiger partial charge in [0, 0.05) is 32.8 Å². The van der Waals surface area contributed by atoms with Crippen molar-refractivity contribution >= 4 is 27.7 Å². The molecule has 0 saturated carbocycles. The van der Waals surface area contributed by atoms with Crippen LogP contribution < -0.4 is 5.32 Å². The number of benzene rings is 1. The number of fused-ring (bicyclic) bond motifs is 1. The van der Waals surface area contributed by atoms with E-state index in [2.05, 4.69) is 5.32 Å². The highest BCUT2D eigenvalue weighted by molar-refractivity contribution is 7.91. The maximum absolute atomic E-state index is 12.6. The molecule has 4 amide bonds. The molecule has 0 bridgehead atoms. The summed E-state index contributed by atoms with van der Waals surface area (Å²) in [5, 5.41) is 2.76. The lowest BCUT2D eigenvalue weighted by atomic mass is 10.1. The zero-order valence-corrected chi connectivity index (χ0v) is 17.1. The molecule has 3 rings (SSSR count). The lowest BCUT2D eigenvalue weighted by molar-refractivity contribution is 0.0653. The van der Waals surface area contributed by atoms with Gasteiger partial charge in [-0.2, -0.15) is 0 Å². The summed E-state index contributed by atoms with van der Waals surface area (Å²) >= 11 is 0. The second-order valence-electron chi connectivity index (χ2n) is 7.14. The highest BCUT2D eigenvalue weighted by atomic mass is 32.2. The Kier molecular flexibility index (Phi) is 6.53. The largest absolute Gasteiger partial charge is 0.383 e. The number of rotatable bonds is 8. The van der Waals surface area contributed by atoms with E-state index in [0.717, 1.165) is 0 Å². The van der Waals surface area contributed by atoms with Gasteiger partial charge in [-0.3, -0.25) is 14.5 Å². The molecule has 1 aromatic carbocycles. The lowest BCUT2D eigenvalue weighted by Gasteiger charge is -2.28. The third-order valence-corrected chi connectivity index (χ3v) is 6.91. The van der Waals surface area contributed by atoms with Gasteiger partial charge in [0.15, 0.2) is 9.84 Å². The van der Waals surface area contributed by atoms with Crippen LogP contribution in [0.25, 0.3) is 0 Å². The van der Waals surface area contributed by atoms with Crippen molar-refractivity contribution < 1.29 is 27.5 Å². The van der Waals surface area contributed by atoms with E-state index in [4.69, 9.17) is 4.74 Å². The lowest BCUT2D eigenvalue weighted by Crippen LogP contribution is -2.48. The first-order valence-corrected chi connectivity index (χ1v) is 11.4. The third kappa shape index (κ3) is 4.76. The number of carbonyl (C=O) groups is 3. The van der Waals surface area contributed by atoms with Crippen LogP contribution in [0.2, 0.25) is 0 Å². The highest BCUT2D eigenvalue weighted by Crippen LogP contribution is 2.22. The van der Waals surface area contributed by atoms with Crippen molar-refractivity contribution in [3.63, 3.8) is 0 Å². The van der Waals surface area contributed by atoms with E-state index in [-0.39, 0.29) is 48.5 Å². The topological polar surface area (TPSA) is 113 Å². The summed E-state index contributed by atoms with van der Waals surface area (Å²) in [6.45, 7) is 1.05. The summed E-state index contributed by atoms with van der Waals surface area (Å²) < 4.78 is 28.5. The molecule has 2 aliphatic rings. The van der Waals surface area contributed by atoms with Gasteiger partial charge < -0.3 is 15.0 Å². The van der Waals surface area contributed by atoms with Gasteiger partial charge in [0.05, 0.1) is 29.2 Å². The smallest absolute Gasteiger partial charge is 0.317 e. The molecule has 0 spiro atoms. The number of nitrogens with zero attached hydrogens (tertiary/aromatic N) is 2. The van der Waals surface area contributed by atoms with Crippen LogP contribution in [0, 0.1) is 0 Å². The van der Waals surface area contributed by atoms with Crippen LogP contribution in [-0.4, -0.2) is 87.0 Å². The number of nitrogens with one attached hydrogen (secondary N) is 1. The van der Waals surface area contributed by atoms with Crippen molar-refractivity contribution in [1.29, 1.82) is 0 Å². The maximum Gasteiger partial charge on any atom is 0.317 e. The summed E-state index contributed by atoms with van der Waals surface area (Å²) in [6.07, 6.45) is 0.812. The van der Waals surface area contributed by atoms with E-state index in [0.29, 0.717) is 37.1 Å². The maximum atomic E-state index is 12.6. The summed E-state index contributed by atoms with van der Waals surface area (Å²) in [5.41, 5.74) is 0.796. The zero-order chi connectivity index (χ0) is 21.0. The van der Waals surface area contributed by atoms with E-state index in [1.54, 1.807) is 24.3 Å². The monoisotopic (exact) mass is 423 g/mol. The fraction of sp³-hybridized carbons (Fsp3) is 0.526. The van der Waals surface area contributed by atoms with Gasteiger partial charge >= 0.3 is 6.03 Å². The predicted octanol–water partition coefficient (Wildman–Crippen LogP) is 0.518. The number of carbonyl (C=O) groups excluding carboxylic acids is 3. The summed E-state index contributed by atoms with van der Waals surface area (Å²) in [5.74, 6) is -0.613. The second-order valence-corrected chi connectivity index (χ2v) is 9.36. The normalized spacial score (nSPS) is 20.0. The number of hydrogen-bond donors (Lipinski definition) is 1. The Balaban J connectivity index is 1.51. The van der Waals surface area contributed by atoms with Gasteiger partial charge in [-0.05, 0) is 25.0 Å². The van der Waals surface area contributed by atoms with Gasteiger partial charge in [-0.25, -0.2) is 13.2 Å². The first kappa shape index (κ1) is 21.3. The van der Waals surface area contributed by atoms with Gasteiger partial charge in [-0.1, -0.05) is 12.1 Å². The van der Waals surface area contributed by atoms with Gasteiger partial charge in [0.1, 0.15) is 0 Å². The summed E-state index contributed by atoms with van der Waals surface area (Å²) in [7, 11) is -1.60. The Bertz CT molecular complexity index is 866. The minimum atomic E-state index is -3.12. The number of urea groups is 1. The molecule has 29 heavy (non-hydrogen) atoms. The fourth-order valence-corrected chi connectivity index (χ4v) is 5.37. The van der Waals surface area contributed by atoms with Crippen LogP contribution in [-0.2, 0) is 14.6 Å². The molecule has 1 N–H and O–H groups in total. The zero-order valence-electron chi connectivity index (χ0n) is 16.3. The molecule has 9 nitrogen and oxygen atoms in total. The molecule has 1 unspecified atom stereocenters. The molecule has 0 aromatic heterocycles. The van der Waals surface area contributed by atoms with Crippen molar-refractivity contribution in [1.82, 2.24) is 15.1 Å². The standard InChI is InChI=1S/C19H25N3O6S/c1-28-11-10-21(14-7-12-29(26,27)13-14)19(25)20-8-4-9-22-17(23)15-5-2-3-6-16(15)18(22)24/h2-3,5-6,14H,4,7-13H2,1H3,(H,20,25). The highest BCUT2D eigenvalue weighted by Gasteiger charge is 2.35. The van der Waals surface area contributed by atoms with E-state index >= 15 is 0 Å². The first-order valence-electron chi connectivity index (χ1n) is 9.53. The summed E-state index contributed by atoms with van der Waals surface area (Å²) in [4.78, 5) is 39.9. The van der Waals surface area contributed by atoms with Gasteiger partial charge in [0.25, 0.3) is 11.8 Å². The SMILES string of the molecule is COCCN(C(=O)NCCCN1C(=O)c2ccccc2C1=O)C1CCS(=O)(=O)C1. The Morgan fingerprint density at radius 2 is 1.90 bits per heavy atom. The van der Waals surface area contributed by atoms with E-state index in [1.807, 2.05) is 0 Å². The van der Waals surface area contributed by atoms with Gasteiger partial charge in [-0.15, -0.1) is 0 Å². The third-order valence-electron chi connectivity index (χ3n) is 5.16. The Hall–Kier alpha value is -2.46. The molecule has 0 aliphatic carbocycles. The molecule has 158 valence electrons. The summed E-state index contributed by atoms with van der Waals surface area (Å²) in [6, 6.07) is 5.94. The number of amides is 4. The number of sulfone groups is 1. The molecule has 2 heterocycles. The number of imide groups is 1. The van der Waals surface area contributed by atoms with Crippen LogP contribution in [0.1, 0.15) is 33.6 Å². The van der Waals surface area contributed by atoms with Crippen molar-refractivity contribution in [3.8, 4) is 0 Å². The van der Waals surface area contributed by atoms with E-state index in [1.165, 1.54) is 16.9 Å². The minimum Gasteiger partial charge on any atom is -0.383 e. The second kappa shape index (κ2) is 8.91. The molecule has 10 heteroatoms. The van der Waals surface area contributed by atoms with Crippen molar-refractivity contribution in [2.45, 2.75) is 18.9 Å². The van der Waals surface area contributed by atoms with Crippen LogP contribution in [0.3, 0.4) is 0 Å². The molecular formula is C19H25N3O6S. The predicted molar refractivity (Wildman–Crippen MR) is 105 cm³/mol. The van der Waals surface area contributed by atoms with E-state index in [9.17, 15) is 22.8 Å². The molecular weight excluding hydrogens is 398 g/mol. The molecule has 1 atom stereocenters. The Morgan fingerprint density at radius 1 is 1.24 bits per heavy atom. The molecule has 1 saturated heterocycles. The number of ether oxygens (including phenoxy) is 1. The quantitative estimate of drug-likeness (QED) is 0.482. The fourth-order valence-electron chi connectivity index (χ4n) is 3.64. The molecule has 2 aliphatic heterocycles. The average Bonchev–Trinajstić information content (AvgIpc) is 3.17. The Labute approximate surface area is 169 Å². The van der Waals surface area contributed by atoms with E-state index < -0.39 is 9.84 Å².